The molecule has 8 heteroatoms. The summed E-state index contributed by atoms with van der Waals surface area (Å²) >= 11 is 6.21. The first-order valence-corrected chi connectivity index (χ1v) is 11.8. The highest BCUT2D eigenvalue weighted by molar-refractivity contribution is 7.89. The molecule has 1 aliphatic rings. The number of ether oxygens (including phenoxy) is 1. The number of carbonyl (C=O) groups excluding carboxylic acids is 1. The SMILES string of the molecule is Cc1ccccc1CCNC(=O)c1ccc(Cl)c(S(=O)(=O)N2C[C@@H](C)O[C@H](C)C2)c1. The highest BCUT2D eigenvalue weighted by atomic mass is 35.5. The van der Waals surface area contributed by atoms with Gasteiger partial charge in [0.1, 0.15) is 4.90 Å². The molecule has 1 N–H and O–H groups in total. The minimum absolute atomic E-state index is 0.0583. The van der Waals surface area contributed by atoms with Gasteiger partial charge in [0.15, 0.2) is 0 Å². The number of nitrogens with one attached hydrogen (secondary N) is 1. The first kappa shape index (κ1) is 22.7. The van der Waals surface area contributed by atoms with Crippen LogP contribution in [-0.2, 0) is 21.2 Å². The number of carbonyl (C=O) groups is 1. The Morgan fingerprint density at radius 1 is 1.17 bits per heavy atom. The van der Waals surface area contributed by atoms with Gasteiger partial charge >= 0.3 is 0 Å². The molecule has 0 aliphatic carbocycles. The third-order valence-electron chi connectivity index (χ3n) is 5.14. The molecule has 1 fully saturated rings. The standard InChI is InChI=1S/C22H27ClN2O4S/c1-15-6-4-5-7-18(15)10-11-24-22(26)19-8-9-20(23)21(12-19)30(27,28)25-13-16(2)29-17(3)14-25/h4-9,12,16-17H,10-11,13-14H2,1-3H3,(H,24,26)/t16-,17-/m1/s1. The van der Waals surface area contributed by atoms with E-state index in [4.69, 9.17) is 16.3 Å². The average molecular weight is 451 g/mol. The molecule has 0 spiro atoms. The number of aryl methyl sites for hydroxylation is 1. The zero-order chi connectivity index (χ0) is 21.9. The second-order valence-corrected chi connectivity index (χ2v) is 9.97. The normalized spacial score (nSPS) is 20.1. The van der Waals surface area contributed by atoms with Gasteiger partial charge in [0.05, 0.1) is 17.2 Å². The van der Waals surface area contributed by atoms with Crippen molar-refractivity contribution in [2.24, 2.45) is 0 Å². The van der Waals surface area contributed by atoms with Gasteiger partial charge in [-0.05, 0) is 56.5 Å². The zero-order valence-corrected chi connectivity index (χ0v) is 19.0. The molecule has 1 heterocycles. The summed E-state index contributed by atoms with van der Waals surface area (Å²) in [5.41, 5.74) is 2.59. The maximum Gasteiger partial charge on any atom is 0.251 e. The largest absolute Gasteiger partial charge is 0.373 e. The van der Waals surface area contributed by atoms with Crippen LogP contribution in [0.1, 0.15) is 35.3 Å². The van der Waals surface area contributed by atoms with E-state index in [1.807, 2.05) is 45.0 Å². The lowest BCUT2D eigenvalue weighted by molar-refractivity contribution is -0.0440. The van der Waals surface area contributed by atoms with Gasteiger partial charge in [-0.25, -0.2) is 8.42 Å². The highest BCUT2D eigenvalue weighted by Crippen LogP contribution is 2.28. The number of hydrogen-bond donors (Lipinski definition) is 1. The molecule has 0 saturated carbocycles. The number of rotatable bonds is 6. The Balaban J connectivity index is 1.74. The highest BCUT2D eigenvalue weighted by Gasteiger charge is 2.33. The fourth-order valence-corrected chi connectivity index (χ4v) is 5.70. The number of sulfonamides is 1. The molecule has 1 aliphatic heterocycles. The Kier molecular flexibility index (Phi) is 7.18. The molecule has 0 aromatic heterocycles. The van der Waals surface area contributed by atoms with Crippen molar-refractivity contribution in [1.29, 1.82) is 0 Å². The second kappa shape index (κ2) is 9.47. The molecule has 0 unspecified atom stereocenters. The van der Waals surface area contributed by atoms with Gasteiger partial charge in [-0.1, -0.05) is 35.9 Å². The summed E-state index contributed by atoms with van der Waals surface area (Å²) in [5, 5.41) is 2.95. The molecule has 0 radical (unpaired) electrons. The van der Waals surface area contributed by atoms with Gasteiger partial charge in [0.25, 0.3) is 5.91 Å². The number of benzene rings is 2. The van der Waals surface area contributed by atoms with E-state index >= 15 is 0 Å². The Hall–Kier alpha value is -1.93. The number of nitrogens with zero attached hydrogens (tertiary/aromatic N) is 1. The van der Waals surface area contributed by atoms with Crippen LogP contribution in [0.2, 0.25) is 5.02 Å². The van der Waals surface area contributed by atoms with Crippen LogP contribution in [-0.4, -0.2) is 50.5 Å². The van der Waals surface area contributed by atoms with Gasteiger partial charge in [-0.15, -0.1) is 0 Å². The van der Waals surface area contributed by atoms with E-state index in [1.165, 1.54) is 28.1 Å². The van der Waals surface area contributed by atoms with Crippen LogP contribution in [0.4, 0.5) is 0 Å². The van der Waals surface area contributed by atoms with Crippen molar-refractivity contribution in [1.82, 2.24) is 9.62 Å². The molecular formula is C22H27ClN2O4S. The maximum absolute atomic E-state index is 13.2. The second-order valence-electron chi connectivity index (χ2n) is 7.66. The first-order valence-electron chi connectivity index (χ1n) is 9.96. The molecule has 162 valence electrons. The summed E-state index contributed by atoms with van der Waals surface area (Å²) in [5.74, 6) is -0.333. The van der Waals surface area contributed by atoms with E-state index in [1.54, 1.807) is 0 Å². The van der Waals surface area contributed by atoms with Crippen molar-refractivity contribution >= 4 is 27.5 Å². The minimum atomic E-state index is -3.84. The molecular weight excluding hydrogens is 424 g/mol. The van der Waals surface area contributed by atoms with Crippen LogP contribution in [0.25, 0.3) is 0 Å². The van der Waals surface area contributed by atoms with Crippen molar-refractivity contribution in [3.05, 3.63) is 64.2 Å². The molecule has 2 atom stereocenters. The van der Waals surface area contributed by atoms with Crippen LogP contribution in [0, 0.1) is 6.92 Å². The third kappa shape index (κ3) is 5.21. The third-order valence-corrected chi connectivity index (χ3v) is 7.45. The Bertz CT molecular complexity index is 1020. The van der Waals surface area contributed by atoms with Gasteiger partial charge in [0, 0.05) is 25.2 Å². The van der Waals surface area contributed by atoms with Gasteiger partial charge in [-0.2, -0.15) is 4.31 Å². The lowest BCUT2D eigenvalue weighted by Gasteiger charge is -2.34. The maximum atomic E-state index is 13.2. The lowest BCUT2D eigenvalue weighted by Crippen LogP contribution is -2.48. The fraction of sp³-hybridized carbons (Fsp3) is 0.409. The number of amides is 1. The summed E-state index contributed by atoms with van der Waals surface area (Å²) in [6.45, 7) is 6.63. The smallest absolute Gasteiger partial charge is 0.251 e. The topological polar surface area (TPSA) is 75.7 Å². The predicted octanol–water partition coefficient (Wildman–Crippen LogP) is 3.42. The van der Waals surface area contributed by atoms with Gasteiger partial charge in [-0.3, -0.25) is 4.79 Å². The molecule has 6 nitrogen and oxygen atoms in total. The van der Waals surface area contributed by atoms with Crippen molar-refractivity contribution in [2.45, 2.75) is 44.3 Å². The van der Waals surface area contributed by atoms with E-state index in [2.05, 4.69) is 5.32 Å². The predicted molar refractivity (Wildman–Crippen MR) is 117 cm³/mol. The summed E-state index contributed by atoms with van der Waals surface area (Å²) in [6, 6.07) is 12.3. The molecule has 0 bridgehead atoms. The number of halogens is 1. The van der Waals surface area contributed by atoms with E-state index < -0.39 is 10.0 Å². The van der Waals surface area contributed by atoms with Crippen LogP contribution in [0.5, 0.6) is 0 Å². The molecule has 1 saturated heterocycles. The summed E-state index contributed by atoms with van der Waals surface area (Å²) < 4.78 is 33.3. The minimum Gasteiger partial charge on any atom is -0.373 e. The van der Waals surface area contributed by atoms with Crippen molar-refractivity contribution in [2.75, 3.05) is 19.6 Å². The van der Waals surface area contributed by atoms with Gasteiger partial charge in [0.2, 0.25) is 10.0 Å². The van der Waals surface area contributed by atoms with Crippen molar-refractivity contribution in [3.63, 3.8) is 0 Å². The Morgan fingerprint density at radius 2 is 1.83 bits per heavy atom. The Labute approximate surface area is 183 Å². The van der Waals surface area contributed by atoms with Crippen LogP contribution < -0.4 is 5.32 Å². The van der Waals surface area contributed by atoms with Crippen LogP contribution >= 0.6 is 11.6 Å². The van der Waals surface area contributed by atoms with Crippen molar-refractivity contribution in [3.8, 4) is 0 Å². The summed E-state index contributed by atoms with van der Waals surface area (Å²) in [7, 11) is -3.84. The van der Waals surface area contributed by atoms with E-state index in [0.29, 0.717) is 13.0 Å². The molecule has 30 heavy (non-hydrogen) atoms. The lowest BCUT2D eigenvalue weighted by atomic mass is 10.1. The first-order chi connectivity index (χ1) is 14.2. The molecule has 1 amide bonds. The average Bonchev–Trinajstić information content (AvgIpc) is 2.68. The van der Waals surface area contributed by atoms with Crippen LogP contribution in [0.3, 0.4) is 0 Å². The molecule has 2 aromatic rings. The van der Waals surface area contributed by atoms with E-state index in [-0.39, 0.29) is 46.7 Å². The number of hydrogen-bond acceptors (Lipinski definition) is 4. The van der Waals surface area contributed by atoms with Crippen molar-refractivity contribution < 1.29 is 17.9 Å². The number of morpholine rings is 1. The molecule has 2 aromatic carbocycles. The van der Waals surface area contributed by atoms with E-state index in [0.717, 1.165) is 5.56 Å². The monoisotopic (exact) mass is 450 g/mol. The summed E-state index contributed by atoms with van der Waals surface area (Å²) in [6.07, 6.45) is 0.270. The summed E-state index contributed by atoms with van der Waals surface area (Å²) in [4.78, 5) is 12.5. The Morgan fingerprint density at radius 3 is 2.50 bits per heavy atom. The fourth-order valence-electron chi connectivity index (χ4n) is 3.61. The quantitative estimate of drug-likeness (QED) is 0.731. The van der Waals surface area contributed by atoms with Crippen LogP contribution in [0.15, 0.2) is 47.4 Å². The van der Waals surface area contributed by atoms with Gasteiger partial charge < -0.3 is 10.1 Å². The van der Waals surface area contributed by atoms with E-state index in [9.17, 15) is 13.2 Å². The molecule has 3 rings (SSSR count). The zero-order valence-electron chi connectivity index (χ0n) is 17.4.